The minimum absolute atomic E-state index is 0.0471. The van der Waals surface area contributed by atoms with Crippen molar-refractivity contribution < 1.29 is 4.79 Å². The number of carbonyl (C=O) groups is 1. The molecule has 0 spiro atoms. The summed E-state index contributed by atoms with van der Waals surface area (Å²) in [5.41, 5.74) is 1.78. The van der Waals surface area contributed by atoms with Crippen molar-refractivity contribution in [1.29, 1.82) is 0 Å². The number of rotatable bonds is 3. The molecule has 1 aliphatic heterocycles. The average molecular weight is 379 g/mol. The lowest BCUT2D eigenvalue weighted by Crippen LogP contribution is -2.32. The van der Waals surface area contributed by atoms with Gasteiger partial charge in [-0.05, 0) is 24.5 Å². The Labute approximate surface area is 163 Å². The van der Waals surface area contributed by atoms with Crippen LogP contribution in [0.1, 0.15) is 43.2 Å². The van der Waals surface area contributed by atoms with Gasteiger partial charge in [0.2, 0.25) is 0 Å². The Balaban J connectivity index is 1.50. The van der Waals surface area contributed by atoms with Crippen LogP contribution < -0.4 is 5.69 Å². The molecule has 4 rings (SSSR count). The van der Waals surface area contributed by atoms with E-state index in [-0.39, 0.29) is 22.9 Å². The predicted molar refractivity (Wildman–Crippen MR) is 106 cm³/mol. The van der Waals surface area contributed by atoms with Gasteiger partial charge in [-0.1, -0.05) is 39.0 Å². The van der Waals surface area contributed by atoms with Crippen molar-refractivity contribution in [2.75, 3.05) is 13.1 Å². The van der Waals surface area contributed by atoms with Crippen LogP contribution in [-0.2, 0) is 12.0 Å². The summed E-state index contributed by atoms with van der Waals surface area (Å²) in [5, 5.41) is 4.46. The van der Waals surface area contributed by atoms with E-state index in [0.29, 0.717) is 30.8 Å². The molecule has 1 saturated heterocycles. The molecule has 1 atom stereocenters. The summed E-state index contributed by atoms with van der Waals surface area (Å²) in [5.74, 6) is 0.271. The minimum atomic E-state index is -0.187. The third-order valence-electron chi connectivity index (χ3n) is 5.26. The topological polar surface area (TPSA) is 72.5 Å². The fourth-order valence-corrected chi connectivity index (χ4v) is 3.60. The molecule has 1 aromatic carbocycles. The lowest BCUT2D eigenvalue weighted by Gasteiger charge is -2.17. The van der Waals surface area contributed by atoms with Crippen LogP contribution in [0.25, 0.3) is 5.65 Å². The Bertz CT molecular complexity index is 1060. The highest BCUT2D eigenvalue weighted by Crippen LogP contribution is 2.22. The van der Waals surface area contributed by atoms with Crippen LogP contribution in [0.5, 0.6) is 0 Å². The highest BCUT2D eigenvalue weighted by Gasteiger charge is 2.28. The van der Waals surface area contributed by atoms with Gasteiger partial charge in [-0.15, -0.1) is 0 Å². The van der Waals surface area contributed by atoms with Crippen molar-refractivity contribution in [2.24, 2.45) is 5.92 Å². The monoisotopic (exact) mass is 379 g/mol. The molecule has 0 N–H and O–H groups in total. The quantitative estimate of drug-likeness (QED) is 0.700. The van der Waals surface area contributed by atoms with Gasteiger partial charge in [-0.25, -0.2) is 9.78 Å². The Morgan fingerprint density at radius 3 is 2.68 bits per heavy atom. The second-order valence-electron chi connectivity index (χ2n) is 8.50. The second-order valence-corrected chi connectivity index (χ2v) is 8.50. The van der Waals surface area contributed by atoms with Crippen LogP contribution in [0, 0.1) is 5.92 Å². The summed E-state index contributed by atoms with van der Waals surface area (Å²) in [6.07, 6.45) is 2.46. The van der Waals surface area contributed by atoms with E-state index >= 15 is 0 Å². The molecule has 3 aromatic rings. The molecule has 1 fully saturated rings. The van der Waals surface area contributed by atoms with Crippen molar-refractivity contribution in [3.8, 4) is 0 Å². The Hall–Kier alpha value is -2.96. The van der Waals surface area contributed by atoms with Gasteiger partial charge in [0, 0.05) is 36.7 Å². The first kappa shape index (κ1) is 18.4. The van der Waals surface area contributed by atoms with Crippen molar-refractivity contribution in [3.63, 3.8) is 0 Å². The number of fused-ring (bicyclic) bond motifs is 1. The molecular formula is C21H25N5O2. The lowest BCUT2D eigenvalue weighted by atomic mass is 9.93. The van der Waals surface area contributed by atoms with Gasteiger partial charge in [-0.3, -0.25) is 9.36 Å². The van der Waals surface area contributed by atoms with Crippen LogP contribution in [0.2, 0.25) is 0 Å². The summed E-state index contributed by atoms with van der Waals surface area (Å²) < 4.78 is 2.98. The van der Waals surface area contributed by atoms with E-state index in [1.807, 2.05) is 41.3 Å². The van der Waals surface area contributed by atoms with Crippen molar-refractivity contribution in [2.45, 2.75) is 39.2 Å². The lowest BCUT2D eigenvalue weighted by molar-refractivity contribution is 0.0786. The van der Waals surface area contributed by atoms with Crippen LogP contribution >= 0.6 is 0 Å². The largest absolute Gasteiger partial charge is 0.351 e. The van der Waals surface area contributed by atoms with Gasteiger partial charge in [0.1, 0.15) is 6.33 Å². The molecule has 7 heteroatoms. The van der Waals surface area contributed by atoms with E-state index in [4.69, 9.17) is 0 Å². The third kappa shape index (κ3) is 3.44. The molecule has 2 aromatic heterocycles. The molecule has 0 bridgehead atoms. The van der Waals surface area contributed by atoms with Gasteiger partial charge in [0.15, 0.2) is 5.65 Å². The van der Waals surface area contributed by atoms with Crippen molar-refractivity contribution >= 4 is 11.6 Å². The minimum Gasteiger partial charge on any atom is -0.338 e. The van der Waals surface area contributed by atoms with Crippen LogP contribution in [0.4, 0.5) is 0 Å². The second kappa shape index (κ2) is 6.89. The normalized spacial score (nSPS) is 17.4. The zero-order chi connectivity index (χ0) is 19.9. The fraction of sp³-hybridized carbons (Fsp3) is 0.429. The molecule has 1 aliphatic rings. The molecule has 146 valence electrons. The van der Waals surface area contributed by atoms with E-state index in [1.54, 1.807) is 10.9 Å². The molecule has 3 heterocycles. The number of aromatic nitrogens is 4. The zero-order valence-corrected chi connectivity index (χ0v) is 16.5. The van der Waals surface area contributed by atoms with E-state index < -0.39 is 0 Å². The predicted octanol–water partition coefficient (Wildman–Crippen LogP) is 2.35. The first-order valence-electron chi connectivity index (χ1n) is 9.63. The summed E-state index contributed by atoms with van der Waals surface area (Å²) in [6, 6.07) is 11.2. The number of likely N-dealkylation sites (tertiary alicyclic amines) is 1. The van der Waals surface area contributed by atoms with E-state index in [2.05, 4.69) is 30.9 Å². The van der Waals surface area contributed by atoms with E-state index in [1.165, 1.54) is 4.52 Å². The molecule has 0 radical (unpaired) electrons. The zero-order valence-electron chi connectivity index (χ0n) is 16.5. The van der Waals surface area contributed by atoms with Crippen molar-refractivity contribution in [1.82, 2.24) is 24.1 Å². The Morgan fingerprint density at radius 1 is 1.21 bits per heavy atom. The smallest absolute Gasteiger partial charge is 0.338 e. The number of hydrogen-bond acceptors (Lipinski definition) is 4. The number of nitrogens with zero attached hydrogens (tertiary/aromatic N) is 5. The first-order chi connectivity index (χ1) is 13.3. The van der Waals surface area contributed by atoms with Gasteiger partial charge < -0.3 is 4.90 Å². The first-order valence-corrected chi connectivity index (χ1v) is 9.63. The van der Waals surface area contributed by atoms with Crippen molar-refractivity contribution in [3.05, 3.63) is 64.5 Å². The number of hydrogen-bond donors (Lipinski definition) is 0. The molecule has 0 saturated carbocycles. The SMILES string of the molecule is CC(C)(C)c1cc2ncn(CC3CCN(C(=O)c4ccccc4)C3)c(=O)n2n1. The molecule has 1 amide bonds. The third-order valence-corrected chi connectivity index (χ3v) is 5.26. The van der Waals surface area contributed by atoms with Gasteiger partial charge in [0.05, 0.1) is 5.69 Å². The highest BCUT2D eigenvalue weighted by molar-refractivity contribution is 5.94. The Kier molecular flexibility index (Phi) is 4.53. The van der Waals surface area contributed by atoms with E-state index in [9.17, 15) is 9.59 Å². The number of benzene rings is 1. The molecule has 1 unspecified atom stereocenters. The molecule has 0 aliphatic carbocycles. The highest BCUT2D eigenvalue weighted by atomic mass is 16.2. The maximum Gasteiger partial charge on any atom is 0.351 e. The summed E-state index contributed by atoms with van der Waals surface area (Å²) in [7, 11) is 0. The van der Waals surface area contributed by atoms with Gasteiger partial charge in [0.25, 0.3) is 5.91 Å². The number of carbonyl (C=O) groups excluding carboxylic acids is 1. The van der Waals surface area contributed by atoms with Crippen LogP contribution in [0.3, 0.4) is 0 Å². The van der Waals surface area contributed by atoms with E-state index in [0.717, 1.165) is 12.1 Å². The standard InChI is InChI=1S/C21H25N5O2/c1-21(2,3)17-11-18-22-14-25(20(28)26(18)23-17)13-15-9-10-24(12-15)19(27)16-7-5-4-6-8-16/h4-8,11,14-15H,9-10,12-13H2,1-3H3. The molecule has 28 heavy (non-hydrogen) atoms. The van der Waals surface area contributed by atoms with Crippen LogP contribution in [-0.4, -0.2) is 43.1 Å². The van der Waals surface area contributed by atoms with Gasteiger partial charge in [-0.2, -0.15) is 9.61 Å². The Morgan fingerprint density at radius 2 is 1.96 bits per heavy atom. The molecule has 7 nitrogen and oxygen atoms in total. The number of amides is 1. The van der Waals surface area contributed by atoms with Gasteiger partial charge >= 0.3 is 5.69 Å². The average Bonchev–Trinajstić information content (AvgIpc) is 3.31. The summed E-state index contributed by atoms with van der Waals surface area (Å²) >= 11 is 0. The molecular weight excluding hydrogens is 354 g/mol. The maximum absolute atomic E-state index is 12.8. The maximum atomic E-state index is 12.8. The van der Waals surface area contributed by atoms with Crippen LogP contribution in [0.15, 0.2) is 47.5 Å². The summed E-state index contributed by atoms with van der Waals surface area (Å²) in [6.45, 7) is 8.06. The summed E-state index contributed by atoms with van der Waals surface area (Å²) in [4.78, 5) is 31.7. The fourth-order valence-electron chi connectivity index (χ4n) is 3.60.